The summed E-state index contributed by atoms with van der Waals surface area (Å²) in [5.41, 5.74) is -0.185. The quantitative estimate of drug-likeness (QED) is 0.246. The molecule has 1 aromatic heterocycles. The van der Waals surface area contributed by atoms with Gasteiger partial charge in [0, 0.05) is 54.1 Å². The number of aromatic nitrogens is 2. The van der Waals surface area contributed by atoms with Crippen molar-refractivity contribution in [3.8, 4) is 5.88 Å². The number of carbonyl (C=O) groups excluding carboxylic acids is 1. The number of benzene rings is 2. The number of nitrogens with zero attached hydrogens (tertiary/aromatic N) is 6. The molecule has 2 aliphatic heterocycles. The molecule has 2 atom stereocenters. The fourth-order valence-corrected chi connectivity index (χ4v) is 7.45. The van der Waals surface area contributed by atoms with Gasteiger partial charge in [0.15, 0.2) is 0 Å². The summed E-state index contributed by atoms with van der Waals surface area (Å²) in [6.45, 7) is 15.3. The highest BCUT2D eigenvalue weighted by Gasteiger charge is 2.60. The number of hydrogen-bond donors (Lipinski definition) is 0. The van der Waals surface area contributed by atoms with E-state index in [-0.39, 0.29) is 17.2 Å². The largest absolute Gasteiger partial charge is 0.477 e. The lowest BCUT2D eigenvalue weighted by Gasteiger charge is -2.47. The zero-order valence-corrected chi connectivity index (χ0v) is 31.7. The van der Waals surface area contributed by atoms with Gasteiger partial charge in [-0.2, -0.15) is 4.98 Å². The van der Waals surface area contributed by atoms with E-state index in [0.717, 1.165) is 11.1 Å². The van der Waals surface area contributed by atoms with Crippen molar-refractivity contribution in [3.05, 3.63) is 87.3 Å². The fraction of sp³-hybridized carbons (Fsp3) is 0.500. The van der Waals surface area contributed by atoms with Crippen molar-refractivity contribution in [2.24, 2.45) is 4.99 Å². The smallest absolute Gasteiger partial charge is 0.326 e. The SMILES string of the molecule is CCOc1nc(C(C)(C)C)ncc1C1=N[C@@](C)(c2ccc(Cl)cc2)[C@@](C)(c2ccc(Cl)cc2)N1C(=O)N1CCN(CCCS(C)(=O)=O)CC1. The molecule has 13 heteroatoms. The van der Waals surface area contributed by atoms with Gasteiger partial charge in [0.2, 0.25) is 5.88 Å². The average molecular weight is 730 g/mol. The maximum absolute atomic E-state index is 15.1. The van der Waals surface area contributed by atoms with Crippen LogP contribution in [0.5, 0.6) is 5.88 Å². The fourth-order valence-electron chi connectivity index (χ4n) is 6.55. The molecule has 2 amide bonds. The molecule has 3 heterocycles. The second-order valence-electron chi connectivity index (χ2n) is 14.1. The van der Waals surface area contributed by atoms with Gasteiger partial charge in [-0.25, -0.2) is 18.2 Å². The van der Waals surface area contributed by atoms with E-state index < -0.39 is 20.9 Å². The maximum atomic E-state index is 15.1. The van der Waals surface area contributed by atoms with E-state index in [2.05, 4.69) is 4.90 Å². The van der Waals surface area contributed by atoms with Crippen LogP contribution in [0.25, 0.3) is 0 Å². The summed E-state index contributed by atoms with van der Waals surface area (Å²) in [7, 11) is -3.04. The first-order chi connectivity index (χ1) is 23.0. The predicted molar refractivity (Wildman–Crippen MR) is 196 cm³/mol. The van der Waals surface area contributed by atoms with Gasteiger partial charge in [-0.15, -0.1) is 0 Å². The molecule has 0 N–H and O–H groups in total. The molecule has 2 aliphatic rings. The minimum absolute atomic E-state index is 0.140. The van der Waals surface area contributed by atoms with Crippen molar-refractivity contribution in [1.82, 2.24) is 24.7 Å². The second-order valence-corrected chi connectivity index (χ2v) is 17.3. The van der Waals surface area contributed by atoms with Gasteiger partial charge in [0.25, 0.3) is 0 Å². The molecule has 5 rings (SSSR count). The van der Waals surface area contributed by atoms with Crippen LogP contribution in [0.3, 0.4) is 0 Å². The highest BCUT2D eigenvalue weighted by molar-refractivity contribution is 7.90. The molecule has 49 heavy (non-hydrogen) atoms. The number of rotatable bonds is 9. The lowest BCUT2D eigenvalue weighted by Crippen LogP contribution is -2.60. The minimum Gasteiger partial charge on any atom is -0.477 e. The molecule has 0 aliphatic carbocycles. The first-order valence-electron chi connectivity index (χ1n) is 16.6. The topological polar surface area (TPSA) is 108 Å². The van der Waals surface area contributed by atoms with E-state index in [1.807, 2.05) is 95.0 Å². The van der Waals surface area contributed by atoms with Crippen molar-refractivity contribution < 1.29 is 17.9 Å². The van der Waals surface area contributed by atoms with Gasteiger partial charge in [-0.3, -0.25) is 14.8 Å². The monoisotopic (exact) mass is 728 g/mol. The summed E-state index contributed by atoms with van der Waals surface area (Å²) < 4.78 is 29.5. The van der Waals surface area contributed by atoms with Crippen LogP contribution in [0.15, 0.2) is 59.7 Å². The zero-order chi connectivity index (χ0) is 35.8. The predicted octanol–water partition coefficient (Wildman–Crippen LogP) is 6.54. The minimum atomic E-state index is -3.04. The number of halogens is 2. The summed E-state index contributed by atoms with van der Waals surface area (Å²) in [5, 5.41) is 1.17. The van der Waals surface area contributed by atoms with Crippen LogP contribution in [0, 0.1) is 0 Å². The van der Waals surface area contributed by atoms with Crippen LogP contribution < -0.4 is 4.74 Å². The number of urea groups is 1. The normalized spacial score (nSPS) is 21.9. The van der Waals surface area contributed by atoms with Crippen LogP contribution in [0.1, 0.15) is 70.5 Å². The molecule has 0 spiro atoms. The number of sulfone groups is 1. The number of amides is 2. The van der Waals surface area contributed by atoms with Gasteiger partial charge in [0.1, 0.15) is 32.6 Å². The van der Waals surface area contributed by atoms with Crippen LogP contribution >= 0.6 is 23.2 Å². The third-order valence-corrected chi connectivity index (χ3v) is 11.1. The highest BCUT2D eigenvalue weighted by Crippen LogP contribution is 2.54. The number of hydrogen-bond acceptors (Lipinski definition) is 8. The van der Waals surface area contributed by atoms with E-state index in [9.17, 15) is 8.42 Å². The molecular formula is C36H46Cl2N6O4S. The Balaban J connectivity index is 1.65. The van der Waals surface area contributed by atoms with Gasteiger partial charge < -0.3 is 9.64 Å². The van der Waals surface area contributed by atoms with E-state index in [0.29, 0.717) is 78.9 Å². The first-order valence-corrected chi connectivity index (χ1v) is 19.4. The average Bonchev–Trinajstić information content (AvgIpc) is 3.28. The molecule has 0 radical (unpaired) electrons. The Bertz CT molecular complexity index is 1810. The lowest BCUT2D eigenvalue weighted by molar-refractivity contribution is 0.0868. The van der Waals surface area contributed by atoms with Gasteiger partial charge in [0.05, 0.1) is 17.9 Å². The molecule has 0 saturated carbocycles. The number of amidine groups is 1. The molecule has 264 valence electrons. The Morgan fingerprint density at radius 1 is 0.939 bits per heavy atom. The summed E-state index contributed by atoms with van der Waals surface area (Å²) in [6, 6.07) is 14.9. The lowest BCUT2D eigenvalue weighted by atomic mass is 9.71. The Kier molecular flexibility index (Phi) is 10.7. The Labute approximate surface area is 300 Å². The Hall–Kier alpha value is -3.25. The van der Waals surface area contributed by atoms with E-state index in [1.54, 1.807) is 11.1 Å². The van der Waals surface area contributed by atoms with E-state index in [1.165, 1.54) is 6.26 Å². The second kappa shape index (κ2) is 14.2. The Morgan fingerprint density at radius 2 is 1.51 bits per heavy atom. The van der Waals surface area contributed by atoms with Gasteiger partial charge >= 0.3 is 6.03 Å². The standard InChI is InChI=1S/C36H46Cl2N6O4S/c1-8-48-31-29(24-39-32(40-31)34(2,3)4)30-41-35(5,25-10-14-27(37)15-11-25)36(6,26-12-16-28(38)17-13-26)44(30)33(45)43-21-19-42(20-22-43)18-9-23-49(7,46)47/h10-17,24H,8-9,18-23H2,1-7H3/t35-,36+/m0/s1. The summed E-state index contributed by atoms with van der Waals surface area (Å²) in [6.07, 6.45) is 3.52. The number of aliphatic imine (C=N–C) groups is 1. The van der Waals surface area contributed by atoms with Crippen LogP contribution in [-0.4, -0.2) is 96.3 Å². The first kappa shape index (κ1) is 37.0. The molecule has 1 saturated heterocycles. The highest BCUT2D eigenvalue weighted by atomic mass is 35.5. The van der Waals surface area contributed by atoms with Crippen molar-refractivity contribution in [2.45, 2.75) is 64.5 Å². The van der Waals surface area contributed by atoms with Crippen LogP contribution in [0.4, 0.5) is 4.79 Å². The van der Waals surface area contributed by atoms with Gasteiger partial charge in [-0.05, 0) is 69.1 Å². The van der Waals surface area contributed by atoms with Crippen molar-refractivity contribution >= 4 is 44.9 Å². The zero-order valence-electron chi connectivity index (χ0n) is 29.3. The Morgan fingerprint density at radius 3 is 2.04 bits per heavy atom. The van der Waals surface area contributed by atoms with Crippen LogP contribution in [-0.2, 0) is 26.3 Å². The molecule has 0 bridgehead atoms. The number of carbonyl (C=O) groups is 1. The maximum Gasteiger partial charge on any atom is 0.326 e. The van der Waals surface area contributed by atoms with E-state index >= 15 is 4.79 Å². The molecular weight excluding hydrogens is 683 g/mol. The van der Waals surface area contributed by atoms with Crippen molar-refractivity contribution in [2.75, 3.05) is 51.3 Å². The third-order valence-electron chi connectivity index (χ3n) is 9.52. The molecule has 0 unspecified atom stereocenters. The summed E-state index contributed by atoms with van der Waals surface area (Å²) >= 11 is 12.8. The molecule has 3 aromatic rings. The molecule has 2 aromatic carbocycles. The van der Waals surface area contributed by atoms with Gasteiger partial charge in [-0.1, -0.05) is 68.2 Å². The van der Waals surface area contributed by atoms with Crippen molar-refractivity contribution in [3.63, 3.8) is 0 Å². The summed E-state index contributed by atoms with van der Waals surface area (Å²) in [4.78, 5) is 36.0. The molecule has 1 fully saturated rings. The number of piperazine rings is 1. The van der Waals surface area contributed by atoms with Crippen LogP contribution in [0.2, 0.25) is 10.0 Å². The van der Waals surface area contributed by atoms with E-state index in [4.69, 9.17) is 42.9 Å². The summed E-state index contributed by atoms with van der Waals surface area (Å²) in [5.74, 6) is 1.51. The third kappa shape index (κ3) is 7.60. The number of ether oxygens (including phenoxy) is 1. The van der Waals surface area contributed by atoms with Crippen molar-refractivity contribution in [1.29, 1.82) is 0 Å². The molecule has 10 nitrogen and oxygen atoms in total.